The second kappa shape index (κ2) is 10.0. The van der Waals surface area contributed by atoms with Gasteiger partial charge in [0.2, 0.25) is 5.91 Å². The van der Waals surface area contributed by atoms with Crippen molar-refractivity contribution < 1.29 is 39.9 Å². The van der Waals surface area contributed by atoms with E-state index in [0.717, 1.165) is 12.8 Å². The van der Waals surface area contributed by atoms with Crippen LogP contribution >= 0.6 is 0 Å². The number of amides is 1. The Bertz CT molecular complexity index is 446. The van der Waals surface area contributed by atoms with Crippen LogP contribution in [0, 0.1) is 5.92 Å². The van der Waals surface area contributed by atoms with Gasteiger partial charge in [0.25, 0.3) is 0 Å². The maximum absolute atomic E-state index is 11.6. The van der Waals surface area contributed by atoms with Crippen molar-refractivity contribution in [3.8, 4) is 0 Å². The van der Waals surface area contributed by atoms with Crippen molar-refractivity contribution in [2.75, 3.05) is 6.61 Å². The van der Waals surface area contributed by atoms with E-state index in [-0.39, 0.29) is 0 Å². The Labute approximate surface area is 146 Å². The summed E-state index contributed by atoms with van der Waals surface area (Å²) in [6, 6.07) is -1.10. The fraction of sp³-hybridized carbons (Fsp3) is 0.875. The van der Waals surface area contributed by atoms with Gasteiger partial charge < -0.3 is 35.6 Å². The van der Waals surface area contributed by atoms with Crippen LogP contribution in [0.15, 0.2) is 0 Å². The van der Waals surface area contributed by atoms with Crippen molar-refractivity contribution in [1.29, 1.82) is 0 Å². The predicted octanol–water partition coefficient (Wildman–Crippen LogP) is -1.39. The second-order valence-electron chi connectivity index (χ2n) is 6.48. The Hall–Kier alpha value is -1.26. The molecule has 0 aliphatic carbocycles. The molecule has 9 heteroatoms. The summed E-state index contributed by atoms with van der Waals surface area (Å²) in [6.45, 7) is 2.43. The molecule has 0 aromatic rings. The van der Waals surface area contributed by atoms with Gasteiger partial charge in [-0.2, -0.15) is 0 Å². The van der Waals surface area contributed by atoms with Crippen LogP contribution in [0.2, 0.25) is 0 Å². The van der Waals surface area contributed by atoms with Crippen molar-refractivity contribution in [2.45, 2.75) is 76.1 Å². The van der Waals surface area contributed by atoms with Gasteiger partial charge in [-0.3, -0.25) is 4.79 Å². The molecule has 0 spiro atoms. The molecule has 0 radical (unpaired) electrons. The Morgan fingerprint density at radius 2 is 1.88 bits per heavy atom. The number of rotatable bonds is 9. The van der Waals surface area contributed by atoms with Crippen molar-refractivity contribution in [1.82, 2.24) is 5.32 Å². The summed E-state index contributed by atoms with van der Waals surface area (Å²) in [4.78, 5) is 23.0. The first-order chi connectivity index (χ1) is 11.7. The molecule has 1 heterocycles. The van der Waals surface area contributed by atoms with Gasteiger partial charge in [0.05, 0.1) is 18.8 Å². The fourth-order valence-corrected chi connectivity index (χ4v) is 3.21. The van der Waals surface area contributed by atoms with Crippen molar-refractivity contribution in [2.24, 2.45) is 5.92 Å². The molecule has 9 nitrogen and oxygen atoms in total. The van der Waals surface area contributed by atoms with Crippen LogP contribution in [0.5, 0.6) is 0 Å². The van der Waals surface area contributed by atoms with Gasteiger partial charge in [0.15, 0.2) is 6.10 Å². The SMILES string of the molecule is CCCCC[C@@H]1C(C(=O)O)OC([C@H](O)[C@H](O)CO)[C@H](NC(C)=O)[C@@H]1O. The molecule has 1 aliphatic heterocycles. The van der Waals surface area contributed by atoms with E-state index in [1.54, 1.807) is 0 Å². The van der Waals surface area contributed by atoms with Crippen molar-refractivity contribution in [3.63, 3.8) is 0 Å². The average molecular weight is 363 g/mol. The second-order valence-corrected chi connectivity index (χ2v) is 6.48. The number of hydrogen-bond acceptors (Lipinski definition) is 7. The normalized spacial score (nSPS) is 32.0. The summed E-state index contributed by atoms with van der Waals surface area (Å²) in [5, 5.41) is 51.4. The fourth-order valence-electron chi connectivity index (χ4n) is 3.21. The molecule has 25 heavy (non-hydrogen) atoms. The van der Waals surface area contributed by atoms with Gasteiger partial charge in [0, 0.05) is 12.8 Å². The van der Waals surface area contributed by atoms with E-state index in [1.165, 1.54) is 6.92 Å². The van der Waals surface area contributed by atoms with E-state index >= 15 is 0 Å². The lowest BCUT2D eigenvalue weighted by molar-refractivity contribution is -0.214. The molecule has 1 fully saturated rings. The molecule has 7 atom stereocenters. The molecule has 1 saturated heterocycles. The molecule has 0 saturated carbocycles. The minimum Gasteiger partial charge on any atom is -0.479 e. The number of aliphatic hydroxyl groups is 4. The van der Waals surface area contributed by atoms with Crippen LogP contribution in [0.4, 0.5) is 0 Å². The zero-order valence-corrected chi connectivity index (χ0v) is 14.5. The number of carbonyl (C=O) groups is 2. The highest BCUT2D eigenvalue weighted by atomic mass is 16.5. The molecule has 6 N–H and O–H groups in total. The lowest BCUT2D eigenvalue weighted by atomic mass is 9.80. The topological polar surface area (TPSA) is 157 Å². The van der Waals surface area contributed by atoms with Crippen LogP contribution in [0.25, 0.3) is 0 Å². The molecule has 1 rings (SSSR count). The molecule has 2 unspecified atom stereocenters. The predicted molar refractivity (Wildman–Crippen MR) is 86.6 cm³/mol. The first-order valence-corrected chi connectivity index (χ1v) is 8.55. The Morgan fingerprint density at radius 1 is 1.24 bits per heavy atom. The maximum Gasteiger partial charge on any atom is 0.333 e. The highest BCUT2D eigenvalue weighted by Gasteiger charge is 2.51. The number of carboxylic acids is 1. The third kappa shape index (κ3) is 5.61. The summed E-state index contributed by atoms with van der Waals surface area (Å²) < 4.78 is 5.46. The van der Waals surface area contributed by atoms with E-state index < -0.39 is 61.0 Å². The number of aliphatic carboxylic acids is 1. The first kappa shape index (κ1) is 21.8. The van der Waals surface area contributed by atoms with Crippen molar-refractivity contribution >= 4 is 11.9 Å². The maximum atomic E-state index is 11.6. The number of unbranched alkanes of at least 4 members (excludes halogenated alkanes) is 2. The van der Waals surface area contributed by atoms with E-state index in [4.69, 9.17) is 9.84 Å². The summed E-state index contributed by atoms with van der Waals surface area (Å²) in [7, 11) is 0. The van der Waals surface area contributed by atoms with Gasteiger partial charge in [0.1, 0.15) is 18.3 Å². The van der Waals surface area contributed by atoms with Crippen LogP contribution < -0.4 is 5.32 Å². The number of carbonyl (C=O) groups excluding carboxylic acids is 1. The lowest BCUT2D eigenvalue weighted by Gasteiger charge is -2.45. The Balaban J connectivity index is 3.09. The standard InChI is InChI=1S/C16H29NO8/c1-3-4-5-6-9-12(21)11(17-8(2)19)15(13(22)10(20)7-18)25-14(9)16(23)24/h9-15,18,20-22H,3-7H2,1-2H3,(H,17,19)(H,23,24)/t9-,10+,11+,12+,13+,14?,15?/m0/s1. The third-order valence-electron chi connectivity index (χ3n) is 4.53. The number of ether oxygens (including phenoxy) is 1. The van der Waals surface area contributed by atoms with E-state index in [9.17, 15) is 30.0 Å². The largest absolute Gasteiger partial charge is 0.479 e. The molecule has 0 aromatic carbocycles. The summed E-state index contributed by atoms with van der Waals surface area (Å²) in [5.41, 5.74) is 0. The molecular formula is C16H29NO8. The number of hydrogen-bond donors (Lipinski definition) is 6. The van der Waals surface area contributed by atoms with Gasteiger partial charge in [-0.25, -0.2) is 4.79 Å². The van der Waals surface area contributed by atoms with Gasteiger partial charge in [-0.15, -0.1) is 0 Å². The van der Waals surface area contributed by atoms with E-state index in [0.29, 0.717) is 12.8 Å². The highest BCUT2D eigenvalue weighted by molar-refractivity contribution is 5.74. The minimum atomic E-state index is -1.67. The smallest absolute Gasteiger partial charge is 0.333 e. The van der Waals surface area contributed by atoms with Gasteiger partial charge >= 0.3 is 5.97 Å². The Morgan fingerprint density at radius 3 is 2.36 bits per heavy atom. The molecular weight excluding hydrogens is 334 g/mol. The van der Waals surface area contributed by atoms with Crippen LogP contribution in [0.3, 0.4) is 0 Å². The van der Waals surface area contributed by atoms with Crippen molar-refractivity contribution in [3.05, 3.63) is 0 Å². The van der Waals surface area contributed by atoms with Crippen LogP contribution in [-0.2, 0) is 14.3 Å². The number of aliphatic hydroxyl groups excluding tert-OH is 4. The first-order valence-electron chi connectivity index (χ1n) is 8.55. The monoisotopic (exact) mass is 363 g/mol. The minimum absolute atomic E-state index is 0.382. The quantitative estimate of drug-likeness (QED) is 0.274. The molecule has 146 valence electrons. The molecule has 1 aliphatic rings. The summed E-state index contributed by atoms with van der Waals surface area (Å²) in [6.07, 6.45) is -4.46. The van der Waals surface area contributed by atoms with Gasteiger partial charge in [-0.05, 0) is 6.42 Å². The van der Waals surface area contributed by atoms with Crippen LogP contribution in [-0.4, -0.2) is 80.6 Å². The molecule has 0 bridgehead atoms. The highest BCUT2D eigenvalue weighted by Crippen LogP contribution is 2.32. The summed E-state index contributed by atoms with van der Waals surface area (Å²) >= 11 is 0. The number of nitrogens with one attached hydrogen (secondary N) is 1. The zero-order valence-electron chi connectivity index (χ0n) is 14.5. The summed E-state index contributed by atoms with van der Waals surface area (Å²) in [5.74, 6) is -2.56. The number of carboxylic acid groups (broad SMARTS) is 1. The average Bonchev–Trinajstić information content (AvgIpc) is 2.56. The van der Waals surface area contributed by atoms with Gasteiger partial charge in [-0.1, -0.05) is 26.2 Å². The zero-order chi connectivity index (χ0) is 19.1. The third-order valence-corrected chi connectivity index (χ3v) is 4.53. The van der Waals surface area contributed by atoms with E-state index in [2.05, 4.69) is 5.32 Å². The molecule has 1 amide bonds. The van der Waals surface area contributed by atoms with Crippen LogP contribution in [0.1, 0.15) is 39.5 Å². The lowest BCUT2D eigenvalue weighted by Crippen LogP contribution is -2.66. The molecule has 0 aromatic heterocycles. The Kier molecular flexibility index (Phi) is 8.74. The van der Waals surface area contributed by atoms with E-state index in [1.807, 2.05) is 6.92 Å².